The van der Waals surface area contributed by atoms with Crippen molar-refractivity contribution in [2.75, 3.05) is 39.2 Å². The average molecular weight is 444 g/mol. The lowest BCUT2D eigenvalue weighted by Gasteiger charge is -2.30. The van der Waals surface area contributed by atoms with Gasteiger partial charge in [-0.1, -0.05) is 0 Å². The predicted octanol–water partition coefficient (Wildman–Crippen LogP) is -1.32. The van der Waals surface area contributed by atoms with Crippen LogP contribution < -0.4 is 11.1 Å². The molecule has 1 fully saturated rings. The summed E-state index contributed by atoms with van der Waals surface area (Å²) in [6.45, 7) is 1.99. The van der Waals surface area contributed by atoms with E-state index in [4.69, 9.17) is 5.73 Å². The lowest BCUT2D eigenvalue weighted by atomic mass is 10.1. The number of nitrogens with one attached hydrogen (secondary N) is 1. The highest BCUT2D eigenvalue weighted by Crippen LogP contribution is 2.24. The largest absolute Gasteiger partial charge is 0.368 e. The second-order valence-corrected chi connectivity index (χ2v) is 8.44. The maximum atomic E-state index is 12.6. The Morgan fingerprint density at radius 2 is 1.97 bits per heavy atom. The molecule has 1 saturated heterocycles. The van der Waals surface area contributed by atoms with Crippen LogP contribution in [0.2, 0.25) is 0 Å². The Bertz CT molecular complexity index is 634. The van der Waals surface area contributed by atoms with Crippen LogP contribution in [0.3, 0.4) is 0 Å². The number of thioether (sulfide) groups is 1. The van der Waals surface area contributed by atoms with Crippen LogP contribution in [-0.2, 0) is 24.0 Å². The first-order chi connectivity index (χ1) is 14.2. The number of primary amides is 1. The molecule has 0 aromatic rings. The van der Waals surface area contributed by atoms with Crippen LogP contribution >= 0.6 is 11.8 Å². The summed E-state index contributed by atoms with van der Waals surface area (Å²) >= 11 is 1.38. The van der Waals surface area contributed by atoms with E-state index in [1.807, 2.05) is 18.2 Å². The minimum Gasteiger partial charge on any atom is -0.368 e. The van der Waals surface area contributed by atoms with Gasteiger partial charge >= 0.3 is 0 Å². The second-order valence-electron chi connectivity index (χ2n) is 7.57. The molecular weight excluding hydrogens is 410 g/mol. The van der Waals surface area contributed by atoms with Crippen molar-refractivity contribution in [3.63, 3.8) is 0 Å². The Morgan fingerprint density at radius 1 is 1.30 bits per heavy atom. The first-order valence-corrected chi connectivity index (χ1v) is 11.3. The zero-order chi connectivity index (χ0) is 22.8. The van der Waals surface area contributed by atoms with Crippen LogP contribution in [0.5, 0.6) is 0 Å². The van der Waals surface area contributed by atoms with E-state index in [0.717, 1.165) is 6.42 Å². The molecule has 0 saturated carbocycles. The van der Waals surface area contributed by atoms with Gasteiger partial charge in [0.15, 0.2) is 0 Å². The molecule has 0 aliphatic carbocycles. The number of hydrogen-bond donors (Lipinski definition) is 2. The van der Waals surface area contributed by atoms with Crippen molar-refractivity contribution in [3.05, 3.63) is 0 Å². The highest BCUT2D eigenvalue weighted by Gasteiger charge is 2.34. The fourth-order valence-electron chi connectivity index (χ4n) is 3.48. The zero-order valence-electron chi connectivity index (χ0n) is 18.1. The third-order valence-electron chi connectivity index (χ3n) is 5.59. The van der Waals surface area contributed by atoms with Gasteiger partial charge in [-0.3, -0.25) is 24.1 Å². The summed E-state index contributed by atoms with van der Waals surface area (Å²) in [6.07, 6.45) is 5.06. The Balaban J connectivity index is 2.76. The molecule has 0 spiro atoms. The SMILES string of the molecule is CSCC(=O)N(CCC1CCC(C(N)=O)N1C)CC(C=O)NC(=O)[C@H](C)N(C)C=O. The van der Waals surface area contributed by atoms with Crippen molar-refractivity contribution in [1.29, 1.82) is 0 Å². The quantitative estimate of drug-likeness (QED) is 0.337. The molecule has 3 N–H and O–H groups in total. The molecule has 0 bridgehead atoms. The third kappa shape index (κ3) is 7.28. The normalized spacial score (nSPS) is 20.8. The van der Waals surface area contributed by atoms with Gasteiger partial charge in [0.2, 0.25) is 24.1 Å². The van der Waals surface area contributed by atoms with Gasteiger partial charge in [0.1, 0.15) is 18.4 Å². The van der Waals surface area contributed by atoms with E-state index in [1.54, 1.807) is 11.8 Å². The smallest absolute Gasteiger partial charge is 0.243 e. The van der Waals surface area contributed by atoms with E-state index >= 15 is 0 Å². The average Bonchev–Trinajstić information content (AvgIpc) is 3.09. The van der Waals surface area contributed by atoms with Gasteiger partial charge in [-0.25, -0.2) is 0 Å². The summed E-state index contributed by atoms with van der Waals surface area (Å²) in [5.74, 6) is -0.699. The van der Waals surface area contributed by atoms with Gasteiger partial charge in [-0.15, -0.1) is 0 Å². The zero-order valence-corrected chi connectivity index (χ0v) is 18.9. The van der Waals surface area contributed by atoms with E-state index in [1.165, 1.54) is 23.7 Å². The first-order valence-electron chi connectivity index (χ1n) is 9.87. The summed E-state index contributed by atoms with van der Waals surface area (Å²) in [6, 6.07) is -1.81. The summed E-state index contributed by atoms with van der Waals surface area (Å²) in [4.78, 5) is 63.4. The van der Waals surface area contributed by atoms with Crippen molar-refractivity contribution < 1.29 is 24.0 Å². The summed E-state index contributed by atoms with van der Waals surface area (Å²) in [5, 5.41) is 2.59. The highest BCUT2D eigenvalue weighted by atomic mass is 32.2. The molecule has 30 heavy (non-hydrogen) atoms. The Hall–Kier alpha value is -2.14. The van der Waals surface area contributed by atoms with E-state index in [-0.39, 0.29) is 36.2 Å². The number of amides is 4. The van der Waals surface area contributed by atoms with Crippen molar-refractivity contribution in [2.24, 2.45) is 5.73 Å². The summed E-state index contributed by atoms with van der Waals surface area (Å²) in [5.41, 5.74) is 5.43. The molecule has 4 amide bonds. The van der Waals surface area contributed by atoms with Gasteiger partial charge in [0.25, 0.3) is 0 Å². The number of carbonyl (C=O) groups excluding carboxylic acids is 5. The van der Waals surface area contributed by atoms with Gasteiger partial charge in [-0.2, -0.15) is 11.8 Å². The molecule has 3 unspecified atom stereocenters. The van der Waals surface area contributed by atoms with Crippen LogP contribution in [0.15, 0.2) is 0 Å². The molecule has 170 valence electrons. The number of rotatable bonds is 13. The van der Waals surface area contributed by atoms with Crippen molar-refractivity contribution in [2.45, 2.75) is 50.4 Å². The Labute approximate surface area is 181 Å². The second kappa shape index (κ2) is 12.5. The highest BCUT2D eigenvalue weighted by molar-refractivity contribution is 7.99. The number of nitrogens with zero attached hydrogens (tertiary/aromatic N) is 3. The summed E-state index contributed by atoms with van der Waals surface area (Å²) in [7, 11) is 3.32. The van der Waals surface area contributed by atoms with Crippen LogP contribution in [0, 0.1) is 0 Å². The van der Waals surface area contributed by atoms with E-state index in [0.29, 0.717) is 32.1 Å². The predicted molar refractivity (Wildman–Crippen MR) is 115 cm³/mol. The van der Waals surface area contributed by atoms with Crippen LogP contribution in [-0.4, -0.2) is 108 Å². The number of likely N-dealkylation sites (N-methyl/N-ethyl adjacent to an activating group) is 2. The van der Waals surface area contributed by atoms with Crippen LogP contribution in [0.4, 0.5) is 0 Å². The molecule has 1 aliphatic rings. The lowest BCUT2D eigenvalue weighted by molar-refractivity contribution is -0.134. The molecule has 1 heterocycles. The molecule has 4 atom stereocenters. The van der Waals surface area contributed by atoms with Crippen molar-refractivity contribution in [1.82, 2.24) is 20.0 Å². The van der Waals surface area contributed by atoms with Gasteiger partial charge in [0, 0.05) is 26.2 Å². The number of aldehydes is 1. The molecule has 11 heteroatoms. The van der Waals surface area contributed by atoms with Gasteiger partial charge < -0.3 is 25.6 Å². The fraction of sp³-hybridized carbons (Fsp3) is 0.737. The maximum Gasteiger partial charge on any atom is 0.243 e. The third-order valence-corrected chi connectivity index (χ3v) is 6.12. The van der Waals surface area contributed by atoms with Crippen molar-refractivity contribution >= 4 is 42.2 Å². The van der Waals surface area contributed by atoms with Crippen LogP contribution in [0.25, 0.3) is 0 Å². The molecule has 10 nitrogen and oxygen atoms in total. The Kier molecular flexibility index (Phi) is 10.8. The monoisotopic (exact) mass is 443 g/mol. The number of carbonyl (C=O) groups is 5. The minimum atomic E-state index is -0.884. The lowest BCUT2D eigenvalue weighted by Crippen LogP contribution is -2.52. The topological polar surface area (TPSA) is 133 Å². The summed E-state index contributed by atoms with van der Waals surface area (Å²) < 4.78 is 0. The van der Waals surface area contributed by atoms with Crippen LogP contribution in [0.1, 0.15) is 26.2 Å². The Morgan fingerprint density at radius 3 is 2.47 bits per heavy atom. The molecular formula is C19H33N5O5S. The van der Waals surface area contributed by atoms with E-state index in [9.17, 15) is 24.0 Å². The molecule has 1 aliphatic heterocycles. The molecule has 0 radical (unpaired) electrons. The van der Waals surface area contributed by atoms with Gasteiger partial charge in [-0.05, 0) is 39.5 Å². The number of hydrogen-bond acceptors (Lipinski definition) is 7. The first kappa shape index (κ1) is 25.9. The number of likely N-dealkylation sites (tertiary alicyclic amines) is 1. The van der Waals surface area contributed by atoms with Gasteiger partial charge in [0.05, 0.1) is 11.8 Å². The molecule has 0 aromatic heterocycles. The minimum absolute atomic E-state index is 0.0435. The maximum absolute atomic E-state index is 12.6. The molecule has 1 rings (SSSR count). The standard InChI is InChI=1S/C19H33N5O5S/c1-13(22(2)12-26)19(29)21-14(10-25)9-24(17(27)11-30-4)8-7-15-5-6-16(18(20)28)23(15)3/h10,12-16H,5-9,11H2,1-4H3,(H2,20,28)(H,21,29)/t13-,14?,15?,16?/m0/s1. The van der Waals surface area contributed by atoms with E-state index < -0.39 is 18.0 Å². The van der Waals surface area contributed by atoms with Crippen molar-refractivity contribution in [3.8, 4) is 0 Å². The fourth-order valence-corrected chi connectivity index (χ4v) is 3.91. The molecule has 0 aromatic carbocycles. The van der Waals surface area contributed by atoms with E-state index in [2.05, 4.69) is 5.32 Å². The number of nitrogens with two attached hydrogens (primary N) is 1.